The Balaban J connectivity index is 1.07. The van der Waals surface area contributed by atoms with Crippen molar-refractivity contribution in [2.75, 3.05) is 9.80 Å². The van der Waals surface area contributed by atoms with Gasteiger partial charge in [0.05, 0.1) is 33.4 Å². The first-order chi connectivity index (χ1) is 54.8. The van der Waals surface area contributed by atoms with Crippen molar-refractivity contribution in [2.24, 2.45) is 0 Å². The summed E-state index contributed by atoms with van der Waals surface area (Å²) < 4.78 is 87.6. The van der Waals surface area contributed by atoms with E-state index in [1.54, 1.807) is 15.9 Å². The van der Waals surface area contributed by atoms with Crippen LogP contribution in [0.4, 0.5) is 34.1 Å². The van der Waals surface area contributed by atoms with Crippen molar-refractivity contribution in [1.29, 1.82) is 0 Å². The van der Waals surface area contributed by atoms with Gasteiger partial charge >= 0.3 is 0 Å². The fraction of sp³-hybridized carbons (Fsp3) is 0.160. The average Bonchev–Trinajstić information content (AvgIpc) is 1.11. The van der Waals surface area contributed by atoms with Crippen LogP contribution in [0.5, 0.6) is 0 Å². The molecule has 107 heavy (non-hydrogen) atoms. The second-order valence-corrected chi connectivity index (χ2v) is 34.7. The maximum Gasteiger partial charge on any atom is 0.252 e. The standard InChI is InChI=1S/C100H83BClN3OS/c1-97(2,3)64-49-62(50-65(53-64)98(4,5)6)63-51-86-94-87(52-63)105(96-78(72-37-27-42-89-92(72)74-35-21-25-41-88(74)106-89)56-67(100(10,11)12)57-79(96)73-38-28-44-91-93(73)75-36-22-26-43-90(75)107-91)85-59-69(103-82-39-23-19-33-70(82)71-34-20-24-40-83(71)103)46-48-81(85)101(94)80-47-45-68(102)58-84(80)104(86)95-76(60-29-15-13-16-30-60)54-66(99(7,8)9)55-77(95)61-31-17-14-18-32-61/h13-59H,1-12H3/i19D,20D,23D,24D,33D,34D,39D,40D. The molecule has 0 N–H and O–H groups in total. The molecule has 0 bridgehead atoms. The number of hydrogen-bond acceptors (Lipinski definition) is 4. The first kappa shape index (κ1) is 58.1. The molecule has 3 aromatic heterocycles. The fourth-order valence-electron chi connectivity index (χ4n) is 16.8. The summed E-state index contributed by atoms with van der Waals surface area (Å²) in [5.74, 6) is 0. The van der Waals surface area contributed by atoms with Gasteiger partial charge in [0, 0.05) is 97.4 Å². The molecule has 4 nitrogen and oxygen atoms in total. The first-order valence-electron chi connectivity index (χ1n) is 41.0. The molecule has 0 saturated carbocycles. The summed E-state index contributed by atoms with van der Waals surface area (Å²) >= 11 is 9.46. The second kappa shape index (κ2) is 24.5. The van der Waals surface area contributed by atoms with Crippen LogP contribution in [0.25, 0.3) is 125 Å². The molecule has 2 aliphatic rings. The van der Waals surface area contributed by atoms with Gasteiger partial charge in [-0.15, -0.1) is 11.3 Å². The summed E-state index contributed by atoms with van der Waals surface area (Å²) in [4.78, 5) is 5.02. The number of para-hydroxylation sites is 3. The summed E-state index contributed by atoms with van der Waals surface area (Å²) in [6.45, 7) is 26.8. The third-order valence-electron chi connectivity index (χ3n) is 22.3. The molecular weight excluding hydrogens is 1340 g/mol. The third kappa shape index (κ3) is 10.8. The van der Waals surface area contributed by atoms with Crippen molar-refractivity contribution in [3.05, 3.63) is 312 Å². The summed E-state index contributed by atoms with van der Waals surface area (Å²) in [5, 5.41) is 4.65. The molecular formula is C100H83BClN3OS. The second-order valence-electron chi connectivity index (χ2n) is 33.2. The van der Waals surface area contributed by atoms with Crippen molar-refractivity contribution < 1.29 is 15.4 Å². The van der Waals surface area contributed by atoms with Gasteiger partial charge in [-0.25, -0.2) is 0 Å². The van der Waals surface area contributed by atoms with E-state index in [0.717, 1.165) is 154 Å². The number of hydrogen-bond donors (Lipinski definition) is 0. The Bertz CT molecular complexity index is 6730. The lowest BCUT2D eigenvalue weighted by Crippen LogP contribution is -2.61. The molecule has 2 aliphatic heterocycles. The zero-order chi connectivity index (χ0) is 80.3. The van der Waals surface area contributed by atoms with Crippen molar-refractivity contribution in [1.82, 2.24) is 4.57 Å². The minimum absolute atomic E-state index is 0.00775. The Labute approximate surface area is 648 Å². The molecule has 17 aromatic rings. The normalized spacial score (nSPS) is 14.3. The van der Waals surface area contributed by atoms with Crippen LogP contribution >= 0.6 is 22.9 Å². The lowest BCUT2D eigenvalue weighted by molar-refractivity contribution is 0.569. The van der Waals surface area contributed by atoms with Gasteiger partial charge in [-0.2, -0.15) is 0 Å². The topological polar surface area (TPSA) is 24.6 Å². The molecule has 0 saturated heterocycles. The van der Waals surface area contributed by atoms with Crippen molar-refractivity contribution in [3.8, 4) is 61.3 Å². The molecule has 5 heterocycles. The highest BCUT2D eigenvalue weighted by atomic mass is 35.5. The van der Waals surface area contributed by atoms with Crippen molar-refractivity contribution >= 4 is 144 Å². The summed E-state index contributed by atoms with van der Waals surface area (Å²) in [7, 11) is 0. The maximum atomic E-state index is 10.0. The molecule has 14 aromatic carbocycles. The predicted molar refractivity (Wildman–Crippen MR) is 462 cm³/mol. The van der Waals surface area contributed by atoms with Crippen LogP contribution in [0.15, 0.2) is 289 Å². The van der Waals surface area contributed by atoms with Gasteiger partial charge in [0.1, 0.15) is 11.2 Å². The van der Waals surface area contributed by atoms with E-state index in [9.17, 15) is 11.0 Å². The average molecular weight is 1430 g/mol. The summed E-state index contributed by atoms with van der Waals surface area (Å²) in [5.41, 5.74) is 23.1. The van der Waals surface area contributed by atoms with Gasteiger partial charge in [0.25, 0.3) is 6.71 Å². The van der Waals surface area contributed by atoms with Gasteiger partial charge in [-0.1, -0.05) is 283 Å². The minimum atomic E-state index is -0.567. The van der Waals surface area contributed by atoms with Crippen LogP contribution < -0.4 is 26.2 Å². The number of halogens is 1. The van der Waals surface area contributed by atoms with Gasteiger partial charge in [0.2, 0.25) is 0 Å². The fourth-order valence-corrected chi connectivity index (χ4v) is 18.1. The van der Waals surface area contributed by atoms with Gasteiger partial charge < -0.3 is 18.8 Å². The molecule has 0 atom stereocenters. The molecule has 7 heteroatoms. The van der Waals surface area contributed by atoms with Crippen LogP contribution in [0.3, 0.4) is 0 Å². The smallest absolute Gasteiger partial charge is 0.252 e. The predicted octanol–water partition coefficient (Wildman–Crippen LogP) is 27.3. The SMILES string of the molecule is [2H]c1c([2H])c([2H])c2c(c1[2H])c1c([2H])c([2H])c([2H])c([2H])c1n2-c1ccc2c(c1)N(c1c(-c3cccc4oc5ccccc5c34)cc(C(C)(C)C)cc1-c1cccc3sc4ccccc4c13)c1cc(-c3cc(C(C)(C)C)cc(C(C)(C)C)c3)cc3c1B2c1ccc(Cl)cc1N3c1c(-c2ccccc2)cc(C(C)(C)C)cc1-c1ccccc1. The minimum Gasteiger partial charge on any atom is -0.456 e. The van der Waals surface area contributed by atoms with E-state index in [4.69, 9.17) is 16.0 Å². The largest absolute Gasteiger partial charge is 0.456 e. The Morgan fingerprint density at radius 2 is 0.813 bits per heavy atom. The lowest BCUT2D eigenvalue weighted by Gasteiger charge is -2.46. The molecule has 0 radical (unpaired) electrons. The summed E-state index contributed by atoms with van der Waals surface area (Å²) in [6.07, 6.45) is 0. The van der Waals surface area contributed by atoms with E-state index in [2.05, 4.69) is 305 Å². The lowest BCUT2D eigenvalue weighted by atomic mass is 9.33. The number of rotatable bonds is 8. The van der Waals surface area contributed by atoms with E-state index in [1.165, 1.54) is 11.1 Å². The van der Waals surface area contributed by atoms with E-state index >= 15 is 0 Å². The molecule has 0 spiro atoms. The number of nitrogens with zero attached hydrogens (tertiary/aromatic N) is 3. The molecule has 0 amide bonds. The first-order valence-corrected chi connectivity index (χ1v) is 38.2. The van der Waals surface area contributed by atoms with E-state index < -0.39 is 48.4 Å². The zero-order valence-corrected chi connectivity index (χ0v) is 63.7. The Hall–Kier alpha value is -11.1. The van der Waals surface area contributed by atoms with Crippen LogP contribution in [-0.2, 0) is 21.7 Å². The van der Waals surface area contributed by atoms with Crippen molar-refractivity contribution in [3.63, 3.8) is 0 Å². The van der Waals surface area contributed by atoms with Gasteiger partial charge in [-0.3, -0.25) is 0 Å². The van der Waals surface area contributed by atoms with Crippen LogP contribution in [0.1, 0.15) is 116 Å². The molecule has 0 unspecified atom stereocenters. The quantitative estimate of drug-likeness (QED) is 0.142. The zero-order valence-electron chi connectivity index (χ0n) is 70.1. The molecule has 0 fully saturated rings. The third-order valence-corrected chi connectivity index (χ3v) is 23.6. The highest BCUT2D eigenvalue weighted by Crippen LogP contribution is 2.58. The molecule has 0 aliphatic carbocycles. The van der Waals surface area contributed by atoms with E-state index in [0.29, 0.717) is 16.4 Å². The number of fused-ring (bicyclic) bond motifs is 13. The molecule has 520 valence electrons. The van der Waals surface area contributed by atoms with Gasteiger partial charge in [-0.05, 0) is 191 Å². The number of aromatic nitrogens is 1. The van der Waals surface area contributed by atoms with E-state index in [1.807, 2.05) is 24.3 Å². The summed E-state index contributed by atoms with van der Waals surface area (Å²) in [6, 6.07) is 82.2. The Morgan fingerprint density at radius 1 is 0.355 bits per heavy atom. The highest BCUT2D eigenvalue weighted by Gasteiger charge is 2.47. The van der Waals surface area contributed by atoms with E-state index in [-0.39, 0.29) is 50.1 Å². The number of thiophene rings is 1. The maximum absolute atomic E-state index is 10.0. The van der Waals surface area contributed by atoms with Crippen molar-refractivity contribution in [2.45, 2.75) is 105 Å². The van der Waals surface area contributed by atoms with Crippen LogP contribution in [0, 0.1) is 0 Å². The number of furan rings is 1. The number of anilines is 6. The van der Waals surface area contributed by atoms with Crippen LogP contribution in [0.2, 0.25) is 5.02 Å². The highest BCUT2D eigenvalue weighted by molar-refractivity contribution is 7.26. The van der Waals surface area contributed by atoms with Crippen LogP contribution in [-0.4, -0.2) is 11.3 Å². The molecule has 19 rings (SSSR count). The van der Waals surface area contributed by atoms with Gasteiger partial charge in [0.15, 0.2) is 0 Å². The Morgan fingerprint density at radius 3 is 1.40 bits per heavy atom. The monoisotopic (exact) mass is 1430 g/mol. The Kier molecular flexibility index (Phi) is 13.3. The number of benzene rings is 14.